The average Bonchev–Trinajstić information content (AvgIpc) is 2.56. The lowest BCUT2D eigenvalue weighted by Gasteiger charge is -2.08. The summed E-state index contributed by atoms with van der Waals surface area (Å²) < 4.78 is 0. The molecule has 0 aliphatic rings. The van der Waals surface area contributed by atoms with Gasteiger partial charge in [0.15, 0.2) is 0 Å². The zero-order chi connectivity index (χ0) is 19.3. The predicted molar refractivity (Wildman–Crippen MR) is 96.1 cm³/mol. The number of nitro groups is 1. The van der Waals surface area contributed by atoms with Gasteiger partial charge in [0.1, 0.15) is 5.02 Å². The summed E-state index contributed by atoms with van der Waals surface area (Å²) in [6.45, 7) is 1.34. The van der Waals surface area contributed by atoms with Crippen molar-refractivity contribution in [2.75, 3.05) is 16.0 Å². The molecule has 2 aromatic carbocycles. The Kier molecular flexibility index (Phi) is 5.86. The first kappa shape index (κ1) is 18.9. The fraction of sp³-hybridized carbons (Fsp3) is 0.0625. The Balaban J connectivity index is 2.06. The average molecular weight is 377 g/mol. The Morgan fingerprint density at radius 2 is 1.46 bits per heavy atom. The second kappa shape index (κ2) is 8.08. The standard InChI is InChI=1S/C16H13ClN4O5/c1-9(22)18-10-3-2-4-11(7-10)19-15(23)16(24)20-12-5-6-13(17)14(8-12)21(25)26/h2-8H,1H3,(H,18,22)(H,19,23)(H,20,24). The third kappa shape index (κ3) is 5.02. The lowest BCUT2D eigenvalue weighted by atomic mass is 10.2. The van der Waals surface area contributed by atoms with Crippen LogP contribution in [0.3, 0.4) is 0 Å². The molecule has 2 rings (SSSR count). The Hall–Kier alpha value is -3.46. The highest BCUT2D eigenvalue weighted by molar-refractivity contribution is 6.43. The van der Waals surface area contributed by atoms with Gasteiger partial charge in [-0.25, -0.2) is 0 Å². The molecular weight excluding hydrogens is 364 g/mol. The summed E-state index contributed by atoms with van der Waals surface area (Å²) in [4.78, 5) is 45.1. The monoisotopic (exact) mass is 376 g/mol. The molecule has 0 saturated heterocycles. The Morgan fingerprint density at radius 1 is 0.923 bits per heavy atom. The molecule has 0 radical (unpaired) electrons. The fourth-order valence-electron chi connectivity index (χ4n) is 1.98. The van der Waals surface area contributed by atoms with Gasteiger partial charge in [-0.15, -0.1) is 0 Å². The van der Waals surface area contributed by atoms with Crippen molar-refractivity contribution in [1.29, 1.82) is 0 Å². The number of nitrogens with one attached hydrogen (secondary N) is 3. The quantitative estimate of drug-likeness (QED) is 0.429. The highest BCUT2D eigenvalue weighted by atomic mass is 35.5. The van der Waals surface area contributed by atoms with Crippen LogP contribution in [-0.2, 0) is 14.4 Å². The lowest BCUT2D eigenvalue weighted by molar-refractivity contribution is -0.384. The van der Waals surface area contributed by atoms with E-state index in [1.54, 1.807) is 12.1 Å². The molecule has 9 nitrogen and oxygen atoms in total. The summed E-state index contributed by atoms with van der Waals surface area (Å²) in [6.07, 6.45) is 0. The summed E-state index contributed by atoms with van der Waals surface area (Å²) in [5.74, 6) is -2.29. The van der Waals surface area contributed by atoms with Crippen molar-refractivity contribution in [2.24, 2.45) is 0 Å². The number of amides is 3. The van der Waals surface area contributed by atoms with Crippen LogP contribution < -0.4 is 16.0 Å². The third-order valence-corrected chi connectivity index (χ3v) is 3.37. The number of anilines is 3. The summed E-state index contributed by atoms with van der Waals surface area (Å²) >= 11 is 5.68. The summed E-state index contributed by atoms with van der Waals surface area (Å²) in [5.41, 5.74) is 0.392. The van der Waals surface area contributed by atoms with Gasteiger partial charge >= 0.3 is 11.8 Å². The van der Waals surface area contributed by atoms with Crippen LogP contribution in [0.4, 0.5) is 22.7 Å². The van der Waals surface area contributed by atoms with Gasteiger partial charge in [-0.3, -0.25) is 24.5 Å². The molecule has 10 heteroatoms. The molecule has 0 atom stereocenters. The molecule has 0 fully saturated rings. The first-order chi connectivity index (χ1) is 12.3. The Bertz CT molecular complexity index is 900. The zero-order valence-corrected chi connectivity index (χ0v) is 14.2. The number of rotatable bonds is 4. The Morgan fingerprint density at radius 3 is 2.00 bits per heavy atom. The molecule has 0 heterocycles. The number of halogens is 1. The maximum absolute atomic E-state index is 12.0. The number of hydrogen-bond donors (Lipinski definition) is 3. The van der Waals surface area contributed by atoms with Crippen LogP contribution in [0.5, 0.6) is 0 Å². The smallest absolute Gasteiger partial charge is 0.314 e. The molecular formula is C16H13ClN4O5. The van der Waals surface area contributed by atoms with Crippen LogP contribution in [-0.4, -0.2) is 22.6 Å². The second-order valence-electron chi connectivity index (χ2n) is 5.09. The van der Waals surface area contributed by atoms with Crippen molar-refractivity contribution in [1.82, 2.24) is 0 Å². The van der Waals surface area contributed by atoms with Gasteiger partial charge in [0, 0.05) is 30.1 Å². The Labute approximate surface area is 152 Å². The van der Waals surface area contributed by atoms with Gasteiger partial charge < -0.3 is 16.0 Å². The third-order valence-electron chi connectivity index (χ3n) is 3.05. The van der Waals surface area contributed by atoms with E-state index in [1.807, 2.05) is 0 Å². The maximum Gasteiger partial charge on any atom is 0.314 e. The van der Waals surface area contributed by atoms with Crippen molar-refractivity contribution in [3.05, 3.63) is 57.6 Å². The van der Waals surface area contributed by atoms with E-state index in [9.17, 15) is 24.5 Å². The number of hydrogen-bond acceptors (Lipinski definition) is 5. The first-order valence-electron chi connectivity index (χ1n) is 7.20. The van der Waals surface area contributed by atoms with Crippen molar-refractivity contribution in [3.63, 3.8) is 0 Å². The van der Waals surface area contributed by atoms with Crippen molar-refractivity contribution in [3.8, 4) is 0 Å². The minimum Gasteiger partial charge on any atom is -0.326 e. The fourth-order valence-corrected chi connectivity index (χ4v) is 2.17. The van der Waals surface area contributed by atoms with E-state index in [0.717, 1.165) is 6.07 Å². The summed E-state index contributed by atoms with van der Waals surface area (Å²) in [5, 5.41) is 17.9. The molecule has 0 bridgehead atoms. The maximum atomic E-state index is 12.0. The largest absolute Gasteiger partial charge is 0.326 e. The van der Waals surface area contributed by atoms with Gasteiger partial charge in [0.05, 0.1) is 4.92 Å². The van der Waals surface area contributed by atoms with E-state index in [2.05, 4.69) is 16.0 Å². The summed E-state index contributed by atoms with van der Waals surface area (Å²) in [6, 6.07) is 9.82. The van der Waals surface area contributed by atoms with E-state index in [4.69, 9.17) is 11.6 Å². The molecule has 0 saturated carbocycles. The van der Waals surface area contributed by atoms with Crippen LogP contribution in [0.1, 0.15) is 6.92 Å². The van der Waals surface area contributed by atoms with Crippen LogP contribution in [0, 0.1) is 10.1 Å². The molecule has 0 aliphatic carbocycles. The van der Waals surface area contributed by atoms with E-state index in [0.29, 0.717) is 11.4 Å². The normalized spacial score (nSPS) is 9.92. The summed E-state index contributed by atoms with van der Waals surface area (Å²) in [7, 11) is 0. The van der Waals surface area contributed by atoms with Gasteiger partial charge in [-0.05, 0) is 30.3 Å². The van der Waals surface area contributed by atoms with E-state index in [-0.39, 0.29) is 16.6 Å². The molecule has 3 N–H and O–H groups in total. The molecule has 26 heavy (non-hydrogen) atoms. The SMILES string of the molecule is CC(=O)Nc1cccc(NC(=O)C(=O)Nc2ccc(Cl)c([N+](=O)[O-])c2)c1. The first-order valence-corrected chi connectivity index (χ1v) is 7.58. The molecule has 0 unspecified atom stereocenters. The number of benzene rings is 2. The minimum atomic E-state index is -1.02. The van der Waals surface area contributed by atoms with Crippen LogP contribution >= 0.6 is 11.6 Å². The van der Waals surface area contributed by atoms with E-state index < -0.39 is 22.4 Å². The zero-order valence-electron chi connectivity index (χ0n) is 13.4. The van der Waals surface area contributed by atoms with Gasteiger partial charge in [0.2, 0.25) is 5.91 Å². The molecule has 3 amide bonds. The highest BCUT2D eigenvalue weighted by Gasteiger charge is 2.17. The van der Waals surface area contributed by atoms with Crippen molar-refractivity contribution >= 4 is 52.1 Å². The van der Waals surface area contributed by atoms with E-state index in [1.165, 1.54) is 31.2 Å². The number of nitrogens with zero attached hydrogens (tertiary/aromatic N) is 1. The van der Waals surface area contributed by atoms with Crippen LogP contribution in [0.2, 0.25) is 5.02 Å². The highest BCUT2D eigenvalue weighted by Crippen LogP contribution is 2.27. The minimum absolute atomic E-state index is 0.0493. The number of carbonyl (C=O) groups excluding carboxylic acids is 3. The van der Waals surface area contributed by atoms with Crippen molar-refractivity contribution < 1.29 is 19.3 Å². The van der Waals surface area contributed by atoms with Gasteiger partial charge in [0.25, 0.3) is 5.69 Å². The lowest BCUT2D eigenvalue weighted by Crippen LogP contribution is -2.29. The van der Waals surface area contributed by atoms with Crippen LogP contribution in [0.25, 0.3) is 0 Å². The molecule has 0 aliphatic heterocycles. The number of carbonyl (C=O) groups is 3. The number of nitro benzene ring substituents is 1. The van der Waals surface area contributed by atoms with Crippen LogP contribution in [0.15, 0.2) is 42.5 Å². The van der Waals surface area contributed by atoms with Crippen molar-refractivity contribution in [2.45, 2.75) is 6.92 Å². The molecule has 0 aromatic heterocycles. The predicted octanol–water partition coefficient (Wildman–Crippen LogP) is 2.78. The van der Waals surface area contributed by atoms with Gasteiger partial charge in [-0.1, -0.05) is 17.7 Å². The molecule has 134 valence electrons. The van der Waals surface area contributed by atoms with E-state index >= 15 is 0 Å². The van der Waals surface area contributed by atoms with Gasteiger partial charge in [-0.2, -0.15) is 0 Å². The molecule has 0 spiro atoms. The topological polar surface area (TPSA) is 130 Å². The molecule has 2 aromatic rings. The second-order valence-corrected chi connectivity index (χ2v) is 5.50.